The van der Waals surface area contributed by atoms with E-state index in [2.05, 4.69) is 322 Å². The first-order valence-electron chi connectivity index (χ1n) is 29.4. The van der Waals surface area contributed by atoms with E-state index in [9.17, 15) is 0 Å². The Bertz CT molecular complexity index is 4730. The molecular weight excluding hydrogens is 1030 g/mol. The van der Waals surface area contributed by atoms with Gasteiger partial charge in [-0.15, -0.1) is 0 Å². The summed E-state index contributed by atoms with van der Waals surface area (Å²) in [7, 11) is 0. The van der Waals surface area contributed by atoms with Gasteiger partial charge in [-0.3, -0.25) is 0 Å². The van der Waals surface area contributed by atoms with E-state index in [0.717, 1.165) is 44.5 Å². The van der Waals surface area contributed by atoms with Crippen LogP contribution in [0.1, 0.15) is 44.5 Å². The van der Waals surface area contributed by atoms with Gasteiger partial charge in [-0.25, -0.2) is 4.98 Å². The van der Waals surface area contributed by atoms with Crippen molar-refractivity contribution >= 4 is 32.6 Å². The van der Waals surface area contributed by atoms with Crippen molar-refractivity contribution in [1.29, 1.82) is 0 Å². The molecule has 0 fully saturated rings. The van der Waals surface area contributed by atoms with Gasteiger partial charge >= 0.3 is 0 Å². The Morgan fingerprint density at radius 2 is 0.565 bits per heavy atom. The first-order chi connectivity index (χ1) is 42.2. The molecule has 0 N–H and O–H groups in total. The van der Waals surface area contributed by atoms with Crippen LogP contribution in [0.3, 0.4) is 0 Å². The van der Waals surface area contributed by atoms with Crippen molar-refractivity contribution in [3.8, 4) is 78.2 Å². The van der Waals surface area contributed by atoms with Crippen LogP contribution in [0.15, 0.2) is 326 Å². The molecule has 17 rings (SSSR count). The van der Waals surface area contributed by atoms with Gasteiger partial charge < -0.3 is 4.42 Å². The van der Waals surface area contributed by atoms with Crippen LogP contribution in [0.25, 0.3) is 111 Å². The summed E-state index contributed by atoms with van der Waals surface area (Å²) in [6.07, 6.45) is 0. The largest absolute Gasteiger partial charge is 0.436 e. The van der Waals surface area contributed by atoms with Gasteiger partial charge in [0.05, 0.1) is 10.8 Å². The van der Waals surface area contributed by atoms with Crippen molar-refractivity contribution in [2.24, 2.45) is 0 Å². The maximum atomic E-state index is 7.03. The zero-order valence-electron chi connectivity index (χ0n) is 46.5. The third-order valence-corrected chi connectivity index (χ3v) is 18.5. The summed E-state index contributed by atoms with van der Waals surface area (Å²) in [6, 6.07) is 118. The smallest absolute Gasteiger partial charge is 0.227 e. The highest BCUT2D eigenvalue weighted by Gasteiger charge is 2.48. The molecule has 0 amide bonds. The molecule has 2 aliphatic carbocycles. The molecule has 2 aliphatic rings. The van der Waals surface area contributed by atoms with Crippen LogP contribution in [-0.4, -0.2) is 4.98 Å². The number of benzene rings is 14. The predicted octanol–water partition coefficient (Wildman–Crippen LogP) is 21.2. The van der Waals surface area contributed by atoms with Gasteiger partial charge in [-0.05, 0) is 169 Å². The standard InChI is InChI=1S/C83H53NO/c1-6-24-54(25-7-1)79-67-36-16-18-38-69(67)80(70-39-19-17-37-68(70)79)55-42-44-56(45-43-55)81-84-77-52-71(57-46-48-65-63-34-20-22-40-73(63)82(75(65)50-57,59-26-8-2-9-27-59)60-28-10-3-11-29-60)72(53-78(77)85-81)58-47-49-66-64-35-21-23-41-74(64)83(76(66)51-58,61-30-12-4-13-31-61)62-32-14-5-15-33-62/h1-53H. The fourth-order valence-corrected chi connectivity index (χ4v) is 14.9. The van der Waals surface area contributed by atoms with E-state index in [1.807, 2.05) is 0 Å². The summed E-state index contributed by atoms with van der Waals surface area (Å²) in [5.41, 5.74) is 25.4. The van der Waals surface area contributed by atoms with Gasteiger partial charge in [0.2, 0.25) is 5.89 Å². The van der Waals surface area contributed by atoms with E-state index < -0.39 is 10.8 Å². The van der Waals surface area contributed by atoms with Gasteiger partial charge in [0.25, 0.3) is 0 Å². The number of rotatable bonds is 9. The molecule has 15 aromatic rings. The second-order valence-corrected chi connectivity index (χ2v) is 22.7. The fourth-order valence-electron chi connectivity index (χ4n) is 14.9. The van der Waals surface area contributed by atoms with Crippen molar-refractivity contribution in [1.82, 2.24) is 4.98 Å². The maximum Gasteiger partial charge on any atom is 0.227 e. The molecule has 0 aliphatic heterocycles. The highest BCUT2D eigenvalue weighted by Crippen LogP contribution is 2.59. The lowest BCUT2D eigenvalue weighted by Crippen LogP contribution is -2.28. The Balaban J connectivity index is 0.875. The fraction of sp³-hybridized carbons (Fsp3) is 0.0241. The number of fused-ring (bicyclic) bond motifs is 9. The lowest BCUT2D eigenvalue weighted by atomic mass is 9.67. The lowest BCUT2D eigenvalue weighted by molar-refractivity contribution is 0.620. The Kier molecular flexibility index (Phi) is 11.1. The number of hydrogen-bond donors (Lipinski definition) is 0. The van der Waals surface area contributed by atoms with Crippen molar-refractivity contribution in [2.75, 3.05) is 0 Å². The summed E-state index contributed by atoms with van der Waals surface area (Å²) >= 11 is 0. The minimum absolute atomic E-state index is 0.575. The van der Waals surface area contributed by atoms with Crippen LogP contribution in [0.2, 0.25) is 0 Å². The van der Waals surface area contributed by atoms with Crippen LogP contribution in [0.5, 0.6) is 0 Å². The average molecular weight is 1080 g/mol. The molecule has 0 saturated heterocycles. The van der Waals surface area contributed by atoms with Crippen LogP contribution in [-0.2, 0) is 10.8 Å². The summed E-state index contributed by atoms with van der Waals surface area (Å²) < 4.78 is 7.03. The molecule has 0 saturated carbocycles. The summed E-state index contributed by atoms with van der Waals surface area (Å²) in [5, 5.41) is 4.90. The molecule has 1 aromatic heterocycles. The van der Waals surface area contributed by atoms with Crippen molar-refractivity contribution < 1.29 is 4.42 Å². The van der Waals surface area contributed by atoms with Crippen LogP contribution < -0.4 is 0 Å². The Morgan fingerprint density at radius 3 is 1.00 bits per heavy atom. The minimum atomic E-state index is -0.576. The second-order valence-electron chi connectivity index (χ2n) is 22.7. The van der Waals surface area contributed by atoms with Gasteiger partial charge in [-0.1, -0.05) is 285 Å². The van der Waals surface area contributed by atoms with Gasteiger partial charge in [0.15, 0.2) is 5.58 Å². The van der Waals surface area contributed by atoms with Crippen molar-refractivity contribution in [2.45, 2.75) is 10.8 Å². The zero-order valence-corrected chi connectivity index (χ0v) is 46.5. The van der Waals surface area contributed by atoms with E-state index >= 15 is 0 Å². The van der Waals surface area contributed by atoms with Crippen molar-refractivity contribution in [3.63, 3.8) is 0 Å². The van der Waals surface area contributed by atoms with Crippen LogP contribution in [0.4, 0.5) is 0 Å². The van der Waals surface area contributed by atoms with Gasteiger partial charge in [0, 0.05) is 5.56 Å². The minimum Gasteiger partial charge on any atom is -0.436 e. The quantitative estimate of drug-likeness (QED) is 0.135. The maximum absolute atomic E-state index is 7.03. The zero-order chi connectivity index (χ0) is 56.1. The third kappa shape index (κ3) is 7.29. The predicted molar refractivity (Wildman–Crippen MR) is 351 cm³/mol. The van der Waals surface area contributed by atoms with Gasteiger partial charge in [0.1, 0.15) is 5.52 Å². The van der Waals surface area contributed by atoms with E-state index in [1.165, 1.54) is 105 Å². The molecule has 396 valence electrons. The van der Waals surface area contributed by atoms with Gasteiger partial charge in [-0.2, -0.15) is 0 Å². The molecule has 2 heteroatoms. The monoisotopic (exact) mass is 1080 g/mol. The highest BCUT2D eigenvalue weighted by molar-refractivity contribution is 6.21. The van der Waals surface area contributed by atoms with E-state index in [-0.39, 0.29) is 0 Å². The molecule has 1 heterocycles. The van der Waals surface area contributed by atoms with Crippen LogP contribution >= 0.6 is 0 Å². The molecule has 0 unspecified atom stereocenters. The molecule has 14 aromatic carbocycles. The molecule has 85 heavy (non-hydrogen) atoms. The SMILES string of the molecule is c1ccc(-c2c3ccccc3c(-c3ccc(-c4nc5cc(-c6ccc7c(c6)C(c6ccccc6)(c6ccccc6)c6ccccc6-7)c(-c6ccc7c(c6)C(c6ccccc6)(c6ccccc6)c6ccccc6-7)cc5o4)cc3)c3ccccc23)cc1. The first-order valence-corrected chi connectivity index (χ1v) is 29.4. The summed E-state index contributed by atoms with van der Waals surface area (Å²) in [4.78, 5) is 5.40. The molecule has 0 radical (unpaired) electrons. The summed E-state index contributed by atoms with van der Waals surface area (Å²) in [6.45, 7) is 0. The molecule has 0 bridgehead atoms. The molecule has 0 atom stereocenters. The number of hydrogen-bond acceptors (Lipinski definition) is 2. The Labute approximate surface area is 494 Å². The first kappa shape index (κ1) is 48.7. The highest BCUT2D eigenvalue weighted by atomic mass is 16.3. The molecule has 2 nitrogen and oxygen atoms in total. The summed E-state index contributed by atoms with van der Waals surface area (Å²) in [5.74, 6) is 0.576. The third-order valence-electron chi connectivity index (χ3n) is 18.5. The Morgan fingerprint density at radius 1 is 0.235 bits per heavy atom. The number of oxazole rings is 1. The normalized spacial score (nSPS) is 13.4. The number of aromatic nitrogens is 1. The van der Waals surface area contributed by atoms with E-state index in [1.54, 1.807) is 0 Å². The Hall–Kier alpha value is -10.9. The van der Waals surface area contributed by atoms with Crippen LogP contribution in [0, 0.1) is 0 Å². The van der Waals surface area contributed by atoms with E-state index in [4.69, 9.17) is 9.40 Å². The average Bonchev–Trinajstić information content (AvgIpc) is 1.71. The topological polar surface area (TPSA) is 26.0 Å². The lowest BCUT2D eigenvalue weighted by Gasteiger charge is -2.34. The number of nitrogens with zero attached hydrogens (tertiary/aromatic N) is 1. The molecular formula is C83H53NO. The van der Waals surface area contributed by atoms with E-state index in [0.29, 0.717) is 5.89 Å². The van der Waals surface area contributed by atoms with Crippen molar-refractivity contribution in [3.05, 3.63) is 366 Å². The second kappa shape index (κ2) is 19.3. The molecule has 0 spiro atoms.